The van der Waals surface area contributed by atoms with Gasteiger partial charge < -0.3 is 19.3 Å². The number of nitrogens with zero attached hydrogens (tertiary/aromatic N) is 2. The molecular weight excluding hydrogens is 416 g/mol. The van der Waals surface area contributed by atoms with Crippen LogP contribution in [0.1, 0.15) is 54.8 Å². The predicted molar refractivity (Wildman–Crippen MR) is 130 cm³/mol. The van der Waals surface area contributed by atoms with Gasteiger partial charge in [0.05, 0.1) is 13.2 Å². The number of ether oxygens (including phenoxy) is 2. The minimum Gasteiger partial charge on any atom is -0.493 e. The van der Waals surface area contributed by atoms with Gasteiger partial charge in [0.2, 0.25) is 0 Å². The molecule has 0 aliphatic carbocycles. The Hall–Kier alpha value is -3.02. The minimum absolute atomic E-state index is 0.00800. The second-order valence-electron chi connectivity index (χ2n) is 9.40. The van der Waals surface area contributed by atoms with Gasteiger partial charge in [-0.05, 0) is 66.8 Å². The fraction of sp³-hybridized carbons (Fsp3) is 0.481. The Bertz CT molecular complexity index is 831. The largest absolute Gasteiger partial charge is 0.493 e. The van der Waals surface area contributed by atoms with Gasteiger partial charge in [-0.1, -0.05) is 27.7 Å². The predicted octanol–water partition coefficient (Wildman–Crippen LogP) is 4.74. The average Bonchev–Trinajstić information content (AvgIpc) is 3.07. The highest BCUT2D eigenvalue weighted by molar-refractivity contribution is 5.95. The van der Waals surface area contributed by atoms with E-state index in [1.54, 1.807) is 0 Å². The van der Waals surface area contributed by atoms with Crippen LogP contribution in [0.4, 0.5) is 0 Å². The molecule has 6 nitrogen and oxygen atoms in total. The van der Waals surface area contributed by atoms with Crippen molar-refractivity contribution in [3.8, 4) is 11.5 Å². The maximum absolute atomic E-state index is 13.0. The van der Waals surface area contributed by atoms with Gasteiger partial charge >= 0.3 is 0 Å². The Balaban J connectivity index is 1.55. The van der Waals surface area contributed by atoms with E-state index in [4.69, 9.17) is 9.47 Å². The highest BCUT2D eigenvalue weighted by Crippen LogP contribution is 2.18. The summed E-state index contributed by atoms with van der Waals surface area (Å²) in [6, 6.07) is 14.6. The molecule has 0 aromatic heterocycles. The molecule has 0 unspecified atom stereocenters. The normalized spacial score (nSPS) is 14.4. The number of carbonyl (C=O) groups excluding carboxylic acids is 2. The van der Waals surface area contributed by atoms with E-state index in [9.17, 15) is 9.59 Å². The first-order chi connectivity index (χ1) is 15.8. The first kappa shape index (κ1) is 24.6. The first-order valence-electron chi connectivity index (χ1n) is 11.9. The van der Waals surface area contributed by atoms with Crippen LogP contribution >= 0.6 is 0 Å². The van der Waals surface area contributed by atoms with E-state index >= 15 is 0 Å². The highest BCUT2D eigenvalue weighted by Gasteiger charge is 2.23. The number of amides is 2. The van der Waals surface area contributed by atoms with E-state index in [2.05, 4.69) is 27.7 Å². The molecule has 0 radical (unpaired) electrons. The van der Waals surface area contributed by atoms with Crippen LogP contribution in [0.25, 0.3) is 0 Å². The molecule has 3 rings (SSSR count). The summed E-state index contributed by atoms with van der Waals surface area (Å²) in [7, 11) is 0. The number of hydrogen-bond acceptors (Lipinski definition) is 4. The summed E-state index contributed by atoms with van der Waals surface area (Å²) in [5, 5.41) is 0. The molecule has 0 N–H and O–H groups in total. The molecule has 0 saturated carbocycles. The van der Waals surface area contributed by atoms with Crippen molar-refractivity contribution in [3.05, 3.63) is 59.7 Å². The zero-order valence-corrected chi connectivity index (χ0v) is 20.3. The topological polar surface area (TPSA) is 59.1 Å². The fourth-order valence-corrected chi connectivity index (χ4v) is 3.60. The van der Waals surface area contributed by atoms with Crippen LogP contribution in [0, 0.1) is 11.8 Å². The summed E-state index contributed by atoms with van der Waals surface area (Å²) in [6.07, 6.45) is 0.753. The number of benzene rings is 2. The Morgan fingerprint density at radius 1 is 0.667 bits per heavy atom. The molecule has 1 heterocycles. The van der Waals surface area contributed by atoms with E-state index in [-0.39, 0.29) is 11.8 Å². The average molecular weight is 453 g/mol. The van der Waals surface area contributed by atoms with Crippen molar-refractivity contribution in [1.29, 1.82) is 0 Å². The molecule has 6 heteroatoms. The lowest BCUT2D eigenvalue weighted by molar-refractivity contribution is 0.0718. The summed E-state index contributed by atoms with van der Waals surface area (Å²) >= 11 is 0. The van der Waals surface area contributed by atoms with E-state index < -0.39 is 0 Å². The molecule has 2 aromatic rings. The second-order valence-corrected chi connectivity index (χ2v) is 9.40. The third-order valence-corrected chi connectivity index (χ3v) is 5.44. The maximum Gasteiger partial charge on any atom is 0.253 e. The quantitative estimate of drug-likeness (QED) is 0.580. The second kappa shape index (κ2) is 11.7. The fourth-order valence-electron chi connectivity index (χ4n) is 3.60. The highest BCUT2D eigenvalue weighted by atomic mass is 16.5. The number of rotatable bonds is 8. The third-order valence-electron chi connectivity index (χ3n) is 5.44. The van der Waals surface area contributed by atoms with Crippen LogP contribution in [0.2, 0.25) is 0 Å². The van der Waals surface area contributed by atoms with E-state index in [0.717, 1.165) is 17.9 Å². The Kier molecular flexibility index (Phi) is 8.75. The van der Waals surface area contributed by atoms with Gasteiger partial charge in [-0.2, -0.15) is 0 Å². The molecule has 0 spiro atoms. The smallest absolute Gasteiger partial charge is 0.253 e. The molecule has 2 aromatic carbocycles. The Morgan fingerprint density at radius 2 is 1.03 bits per heavy atom. The summed E-state index contributed by atoms with van der Waals surface area (Å²) < 4.78 is 11.4. The zero-order chi connectivity index (χ0) is 23.8. The summed E-state index contributed by atoms with van der Waals surface area (Å²) in [5.74, 6) is 2.43. The molecule has 2 amide bonds. The summed E-state index contributed by atoms with van der Waals surface area (Å²) in [4.78, 5) is 29.6. The van der Waals surface area contributed by atoms with E-state index in [1.807, 2.05) is 58.3 Å². The van der Waals surface area contributed by atoms with E-state index in [0.29, 0.717) is 62.4 Å². The number of hydrogen-bond donors (Lipinski definition) is 0. The van der Waals surface area contributed by atoms with Gasteiger partial charge in [-0.15, -0.1) is 0 Å². The first-order valence-corrected chi connectivity index (χ1v) is 11.9. The van der Waals surface area contributed by atoms with Crippen molar-refractivity contribution in [2.24, 2.45) is 11.8 Å². The van der Waals surface area contributed by atoms with Crippen molar-refractivity contribution in [2.45, 2.75) is 34.1 Å². The molecular formula is C27H36N2O4. The Labute approximate surface area is 197 Å². The lowest BCUT2D eigenvalue weighted by atomic mass is 10.2. The summed E-state index contributed by atoms with van der Waals surface area (Å²) in [5.41, 5.74) is 1.28. The van der Waals surface area contributed by atoms with Gasteiger partial charge in [0.15, 0.2) is 0 Å². The molecule has 0 atom stereocenters. The SMILES string of the molecule is CC(C)COc1ccc(C(=O)N2CCCN(C(=O)c3ccc(OCC(C)C)cc3)CC2)cc1. The van der Waals surface area contributed by atoms with Gasteiger partial charge in [0.25, 0.3) is 11.8 Å². The molecule has 1 aliphatic heterocycles. The van der Waals surface area contributed by atoms with Crippen molar-refractivity contribution in [1.82, 2.24) is 9.80 Å². The minimum atomic E-state index is -0.00800. The van der Waals surface area contributed by atoms with Crippen LogP contribution in [0.5, 0.6) is 11.5 Å². The zero-order valence-electron chi connectivity index (χ0n) is 20.3. The van der Waals surface area contributed by atoms with Gasteiger partial charge in [0, 0.05) is 37.3 Å². The van der Waals surface area contributed by atoms with Crippen molar-refractivity contribution in [3.63, 3.8) is 0 Å². The van der Waals surface area contributed by atoms with Crippen molar-refractivity contribution < 1.29 is 19.1 Å². The van der Waals surface area contributed by atoms with E-state index in [1.165, 1.54) is 0 Å². The van der Waals surface area contributed by atoms with Crippen LogP contribution in [0.3, 0.4) is 0 Å². The molecule has 1 saturated heterocycles. The number of carbonyl (C=O) groups is 2. The molecule has 33 heavy (non-hydrogen) atoms. The molecule has 0 bridgehead atoms. The van der Waals surface area contributed by atoms with Crippen molar-refractivity contribution >= 4 is 11.8 Å². The van der Waals surface area contributed by atoms with Gasteiger partial charge in [-0.25, -0.2) is 0 Å². The monoisotopic (exact) mass is 452 g/mol. The Morgan fingerprint density at radius 3 is 1.36 bits per heavy atom. The van der Waals surface area contributed by atoms with Gasteiger partial charge in [-0.3, -0.25) is 9.59 Å². The molecule has 178 valence electrons. The van der Waals surface area contributed by atoms with Crippen LogP contribution in [0.15, 0.2) is 48.5 Å². The maximum atomic E-state index is 13.0. The van der Waals surface area contributed by atoms with Crippen LogP contribution < -0.4 is 9.47 Å². The third kappa shape index (κ3) is 7.24. The van der Waals surface area contributed by atoms with Crippen LogP contribution in [-0.4, -0.2) is 61.0 Å². The lowest BCUT2D eigenvalue weighted by Crippen LogP contribution is -2.37. The van der Waals surface area contributed by atoms with Gasteiger partial charge in [0.1, 0.15) is 11.5 Å². The molecule has 1 aliphatic rings. The van der Waals surface area contributed by atoms with Crippen LogP contribution in [-0.2, 0) is 0 Å². The lowest BCUT2D eigenvalue weighted by Gasteiger charge is -2.22. The summed E-state index contributed by atoms with van der Waals surface area (Å²) in [6.45, 7) is 12.0. The van der Waals surface area contributed by atoms with Crippen molar-refractivity contribution in [2.75, 3.05) is 39.4 Å². The molecule has 1 fully saturated rings. The standard InChI is InChI=1S/C27H36N2O4/c1-20(2)18-32-24-10-6-22(7-11-24)26(30)28-14-5-15-29(17-16-28)27(31)23-8-12-25(13-9-23)33-19-21(3)4/h6-13,20-21H,5,14-19H2,1-4H3.